The van der Waals surface area contributed by atoms with Gasteiger partial charge >= 0.3 is 17.9 Å². The fraction of sp³-hybridized carbons (Fsp3) is 0.582. The van der Waals surface area contributed by atoms with Gasteiger partial charge in [0.2, 0.25) is 0 Å². The third-order valence-electron chi connectivity index (χ3n) is 9.62. The minimum absolute atomic E-state index is 0.125. The second-order valence-electron chi connectivity index (χ2n) is 15.4. The summed E-state index contributed by atoms with van der Waals surface area (Å²) in [6, 6.07) is 0. The van der Waals surface area contributed by atoms with Gasteiger partial charge in [0.1, 0.15) is 13.2 Å². The quantitative estimate of drug-likeness (QED) is 0.0201. The maximum Gasteiger partial charge on any atom is 0.306 e. The number of rotatable bonds is 41. The van der Waals surface area contributed by atoms with E-state index in [4.69, 9.17) is 14.2 Å². The molecule has 0 saturated heterocycles. The van der Waals surface area contributed by atoms with Crippen molar-refractivity contribution in [2.45, 2.75) is 194 Å². The van der Waals surface area contributed by atoms with Crippen molar-refractivity contribution in [3.63, 3.8) is 0 Å². The predicted octanol–water partition coefficient (Wildman–Crippen LogP) is 15.7. The molecule has 6 nitrogen and oxygen atoms in total. The topological polar surface area (TPSA) is 78.9 Å². The van der Waals surface area contributed by atoms with E-state index in [1.807, 2.05) is 54.7 Å². The van der Waals surface area contributed by atoms with Crippen molar-refractivity contribution >= 4 is 17.9 Å². The van der Waals surface area contributed by atoms with Crippen LogP contribution in [0.4, 0.5) is 0 Å². The van der Waals surface area contributed by atoms with E-state index in [0.717, 1.165) is 109 Å². The van der Waals surface area contributed by atoms with Crippen LogP contribution in [-0.2, 0) is 28.6 Å². The van der Waals surface area contributed by atoms with Gasteiger partial charge in [-0.2, -0.15) is 0 Å². The molecule has 0 aliphatic carbocycles. The van der Waals surface area contributed by atoms with Crippen molar-refractivity contribution in [1.29, 1.82) is 0 Å². The molecule has 0 radical (unpaired) electrons. The molecule has 0 rings (SSSR count). The van der Waals surface area contributed by atoms with Crippen LogP contribution in [-0.4, -0.2) is 37.2 Å². The number of ether oxygens (including phenoxy) is 3. The van der Waals surface area contributed by atoms with Gasteiger partial charge in [0.15, 0.2) is 6.10 Å². The Bertz CT molecular complexity index is 1340. The Morgan fingerprint density at radius 1 is 0.361 bits per heavy atom. The lowest BCUT2D eigenvalue weighted by molar-refractivity contribution is -0.167. The van der Waals surface area contributed by atoms with E-state index in [2.05, 4.69) is 87.6 Å². The summed E-state index contributed by atoms with van der Waals surface area (Å²) < 4.78 is 16.6. The number of carbonyl (C=O) groups excluding carboxylic acids is 3. The lowest BCUT2D eigenvalue weighted by Crippen LogP contribution is -2.30. The fourth-order valence-corrected chi connectivity index (χ4v) is 6.04. The van der Waals surface area contributed by atoms with Crippen LogP contribution in [0.2, 0.25) is 0 Å². The minimum atomic E-state index is -0.832. The van der Waals surface area contributed by atoms with Gasteiger partial charge in [0, 0.05) is 19.3 Å². The first-order valence-electron chi connectivity index (χ1n) is 24.1. The normalized spacial score (nSPS) is 13.2. The van der Waals surface area contributed by atoms with Crippen LogP contribution < -0.4 is 0 Å². The summed E-state index contributed by atoms with van der Waals surface area (Å²) in [5.74, 6) is -1.05. The Morgan fingerprint density at radius 2 is 0.738 bits per heavy atom. The van der Waals surface area contributed by atoms with Crippen molar-refractivity contribution in [1.82, 2.24) is 0 Å². The third kappa shape index (κ3) is 46.7. The molecule has 0 spiro atoms. The van der Waals surface area contributed by atoms with Crippen LogP contribution in [0, 0.1) is 0 Å². The predicted molar refractivity (Wildman–Crippen MR) is 260 cm³/mol. The molecule has 0 aromatic rings. The standard InChI is InChI=1S/C55H86O6/c1-4-7-10-13-16-19-22-25-26-27-28-29-31-33-36-39-42-45-48-54(57)60-51-52(50-59-53(56)47-44-41-38-35-32-24-21-18-15-12-9-6-3)61-55(58)49-46-43-40-37-34-30-23-20-17-14-11-8-5-2/h8-9,11-12,14,17-18,20-23,25-30,34,37,40,52H,4-7,10,13,15-16,19,24,31-33,35-36,38-39,41-51H2,1-3H3/b11-8-,12-9-,17-14-,21-18-,23-20-,25-22-,27-26-,29-28-,34-30-,40-37-. The van der Waals surface area contributed by atoms with Gasteiger partial charge in [-0.3, -0.25) is 14.4 Å². The number of hydrogen-bond acceptors (Lipinski definition) is 6. The van der Waals surface area contributed by atoms with Gasteiger partial charge in [0.05, 0.1) is 0 Å². The number of unbranched alkanes of at least 4 members (excludes halogenated alkanes) is 16. The van der Waals surface area contributed by atoms with Crippen molar-refractivity contribution in [3.05, 3.63) is 122 Å². The summed E-state index contributed by atoms with van der Waals surface area (Å²) in [6.07, 6.45) is 66.2. The smallest absolute Gasteiger partial charge is 0.306 e. The molecule has 1 unspecified atom stereocenters. The molecular weight excluding hydrogens is 757 g/mol. The molecule has 61 heavy (non-hydrogen) atoms. The molecule has 0 bridgehead atoms. The van der Waals surface area contributed by atoms with E-state index in [1.54, 1.807) is 0 Å². The zero-order valence-corrected chi connectivity index (χ0v) is 38.9. The summed E-state index contributed by atoms with van der Waals surface area (Å²) >= 11 is 0. The van der Waals surface area contributed by atoms with Gasteiger partial charge in [-0.1, -0.05) is 206 Å². The van der Waals surface area contributed by atoms with Crippen molar-refractivity contribution in [2.75, 3.05) is 13.2 Å². The van der Waals surface area contributed by atoms with Gasteiger partial charge in [-0.25, -0.2) is 0 Å². The molecule has 6 heteroatoms. The number of esters is 3. The molecule has 0 amide bonds. The molecular formula is C55H86O6. The van der Waals surface area contributed by atoms with E-state index in [9.17, 15) is 14.4 Å². The molecule has 0 N–H and O–H groups in total. The van der Waals surface area contributed by atoms with E-state index in [1.165, 1.54) is 32.1 Å². The van der Waals surface area contributed by atoms with E-state index < -0.39 is 12.1 Å². The number of allylic oxidation sites excluding steroid dienone is 20. The van der Waals surface area contributed by atoms with Crippen LogP contribution in [0.1, 0.15) is 188 Å². The molecule has 0 aromatic heterocycles. The highest BCUT2D eigenvalue weighted by Crippen LogP contribution is 2.12. The SMILES string of the molecule is CC\C=C/C=C\C=C/C=C\C=C/CCCC(=O)OC(COC(=O)CCCCCCC\C=C/C=C\C=C/CCCCCCC)COC(=O)CCCCCCC/C=C\C/C=C\CC. The molecule has 0 aromatic carbocycles. The van der Waals surface area contributed by atoms with Gasteiger partial charge < -0.3 is 14.2 Å². The Morgan fingerprint density at radius 3 is 1.23 bits per heavy atom. The summed E-state index contributed by atoms with van der Waals surface area (Å²) in [6.45, 7) is 6.24. The molecule has 0 aliphatic heterocycles. The van der Waals surface area contributed by atoms with Gasteiger partial charge in [-0.15, -0.1) is 0 Å². The second kappa shape index (κ2) is 48.5. The summed E-state index contributed by atoms with van der Waals surface area (Å²) in [5.41, 5.74) is 0. The zero-order valence-electron chi connectivity index (χ0n) is 38.9. The summed E-state index contributed by atoms with van der Waals surface area (Å²) in [5, 5.41) is 0. The molecule has 0 saturated carbocycles. The summed E-state index contributed by atoms with van der Waals surface area (Å²) in [4.78, 5) is 37.8. The lowest BCUT2D eigenvalue weighted by Gasteiger charge is -2.18. The first-order valence-corrected chi connectivity index (χ1v) is 24.1. The van der Waals surface area contributed by atoms with Crippen LogP contribution in [0.25, 0.3) is 0 Å². The zero-order chi connectivity index (χ0) is 44.4. The largest absolute Gasteiger partial charge is 0.462 e. The monoisotopic (exact) mass is 843 g/mol. The molecule has 0 fully saturated rings. The second-order valence-corrected chi connectivity index (χ2v) is 15.4. The van der Waals surface area contributed by atoms with E-state index >= 15 is 0 Å². The first-order chi connectivity index (χ1) is 30.0. The summed E-state index contributed by atoms with van der Waals surface area (Å²) in [7, 11) is 0. The Labute approximate surface area is 373 Å². The van der Waals surface area contributed by atoms with Crippen LogP contribution in [0.5, 0.6) is 0 Å². The maximum absolute atomic E-state index is 12.7. The number of hydrogen-bond donors (Lipinski definition) is 0. The van der Waals surface area contributed by atoms with Crippen molar-refractivity contribution < 1.29 is 28.6 Å². The lowest BCUT2D eigenvalue weighted by atomic mass is 10.1. The molecule has 0 aliphatic rings. The van der Waals surface area contributed by atoms with Crippen molar-refractivity contribution in [3.8, 4) is 0 Å². The van der Waals surface area contributed by atoms with Crippen molar-refractivity contribution in [2.24, 2.45) is 0 Å². The maximum atomic E-state index is 12.7. The van der Waals surface area contributed by atoms with E-state index in [-0.39, 0.29) is 31.6 Å². The highest BCUT2D eigenvalue weighted by molar-refractivity contribution is 5.71. The third-order valence-corrected chi connectivity index (χ3v) is 9.62. The molecule has 0 heterocycles. The Balaban J connectivity index is 4.55. The first kappa shape index (κ1) is 56.8. The Hall–Kier alpha value is -4.19. The molecule has 1 atom stereocenters. The average Bonchev–Trinajstić information content (AvgIpc) is 3.26. The van der Waals surface area contributed by atoms with Crippen LogP contribution in [0.15, 0.2) is 122 Å². The number of carbonyl (C=O) groups is 3. The van der Waals surface area contributed by atoms with Crippen LogP contribution in [0.3, 0.4) is 0 Å². The van der Waals surface area contributed by atoms with E-state index in [0.29, 0.717) is 19.3 Å². The Kier molecular flexibility index (Phi) is 45.1. The molecule has 342 valence electrons. The van der Waals surface area contributed by atoms with Crippen LogP contribution >= 0.6 is 0 Å². The fourth-order valence-electron chi connectivity index (χ4n) is 6.04. The van der Waals surface area contributed by atoms with Gasteiger partial charge in [-0.05, 0) is 83.5 Å². The highest BCUT2D eigenvalue weighted by Gasteiger charge is 2.19. The highest BCUT2D eigenvalue weighted by atomic mass is 16.6. The average molecular weight is 843 g/mol. The minimum Gasteiger partial charge on any atom is -0.462 e. The van der Waals surface area contributed by atoms with Gasteiger partial charge in [0.25, 0.3) is 0 Å².